The van der Waals surface area contributed by atoms with Crippen LogP contribution in [-0.4, -0.2) is 35.8 Å². The number of thiophene rings is 1. The van der Waals surface area contributed by atoms with E-state index in [0.717, 1.165) is 26.4 Å². The summed E-state index contributed by atoms with van der Waals surface area (Å²) in [5, 5.41) is 7.31. The van der Waals surface area contributed by atoms with Gasteiger partial charge in [-0.2, -0.15) is 0 Å². The van der Waals surface area contributed by atoms with Gasteiger partial charge >= 0.3 is 0 Å². The maximum Gasteiger partial charge on any atom is 0.234 e. The van der Waals surface area contributed by atoms with Crippen molar-refractivity contribution in [2.24, 2.45) is 0 Å². The van der Waals surface area contributed by atoms with Crippen molar-refractivity contribution in [2.45, 2.75) is 5.03 Å². The Labute approximate surface area is 192 Å². The quantitative estimate of drug-likeness (QED) is 0.273. The van der Waals surface area contributed by atoms with Gasteiger partial charge in [-0.05, 0) is 29.8 Å². The van der Waals surface area contributed by atoms with Gasteiger partial charge in [0.2, 0.25) is 5.91 Å². The van der Waals surface area contributed by atoms with E-state index in [9.17, 15) is 4.79 Å². The van der Waals surface area contributed by atoms with Gasteiger partial charge in [0, 0.05) is 22.0 Å². The van der Waals surface area contributed by atoms with Gasteiger partial charge in [0.1, 0.15) is 27.7 Å². The number of carbonyl (C=O) groups is 1. The Kier molecular flexibility index (Phi) is 6.60. The fourth-order valence-corrected chi connectivity index (χ4v) is 4.94. The number of benzene rings is 2. The van der Waals surface area contributed by atoms with Gasteiger partial charge in [0.05, 0.1) is 31.0 Å². The van der Waals surface area contributed by atoms with Crippen LogP contribution in [0.25, 0.3) is 21.3 Å². The smallest absolute Gasteiger partial charge is 0.234 e. The van der Waals surface area contributed by atoms with Crippen LogP contribution in [0.2, 0.25) is 5.02 Å². The molecule has 6 nitrogen and oxygen atoms in total. The second kappa shape index (κ2) is 9.55. The van der Waals surface area contributed by atoms with Crippen LogP contribution in [0.5, 0.6) is 11.5 Å². The van der Waals surface area contributed by atoms with E-state index in [1.54, 1.807) is 43.8 Å². The van der Waals surface area contributed by atoms with Gasteiger partial charge in [0.25, 0.3) is 0 Å². The Morgan fingerprint density at radius 1 is 1.13 bits per heavy atom. The molecule has 0 saturated carbocycles. The molecule has 0 aliphatic carbocycles. The van der Waals surface area contributed by atoms with Crippen LogP contribution in [0.4, 0.5) is 5.69 Å². The van der Waals surface area contributed by atoms with E-state index in [1.807, 2.05) is 24.3 Å². The van der Waals surface area contributed by atoms with E-state index in [4.69, 9.17) is 21.1 Å². The highest BCUT2D eigenvalue weighted by Crippen LogP contribution is 2.38. The third-order valence-corrected chi connectivity index (χ3v) is 6.64. The summed E-state index contributed by atoms with van der Waals surface area (Å²) in [4.78, 5) is 22.3. The van der Waals surface area contributed by atoms with E-state index < -0.39 is 0 Å². The summed E-state index contributed by atoms with van der Waals surface area (Å²) < 4.78 is 10.5. The number of methoxy groups -OCH3 is 2. The lowest BCUT2D eigenvalue weighted by Gasteiger charge is -2.11. The molecule has 31 heavy (non-hydrogen) atoms. The first-order chi connectivity index (χ1) is 15.1. The number of aromatic nitrogens is 2. The summed E-state index contributed by atoms with van der Waals surface area (Å²) in [6.45, 7) is 0. The van der Waals surface area contributed by atoms with Crippen molar-refractivity contribution in [1.29, 1.82) is 0 Å². The number of rotatable bonds is 7. The lowest BCUT2D eigenvalue weighted by molar-refractivity contribution is -0.113. The summed E-state index contributed by atoms with van der Waals surface area (Å²) >= 11 is 8.94. The first-order valence-corrected chi connectivity index (χ1v) is 11.5. The van der Waals surface area contributed by atoms with E-state index in [-0.39, 0.29) is 11.7 Å². The number of nitrogens with one attached hydrogen (secondary N) is 1. The molecule has 0 bridgehead atoms. The Morgan fingerprint density at radius 3 is 2.68 bits per heavy atom. The topological polar surface area (TPSA) is 73.3 Å². The predicted molar refractivity (Wildman–Crippen MR) is 127 cm³/mol. The molecule has 4 rings (SSSR count). The highest BCUT2D eigenvalue weighted by Gasteiger charge is 2.16. The van der Waals surface area contributed by atoms with Crippen molar-refractivity contribution in [3.05, 3.63) is 59.2 Å². The van der Waals surface area contributed by atoms with Crippen LogP contribution >= 0.6 is 34.7 Å². The first-order valence-electron chi connectivity index (χ1n) is 9.22. The maximum atomic E-state index is 12.6. The van der Waals surface area contributed by atoms with Crippen LogP contribution in [0, 0.1) is 0 Å². The average molecular weight is 472 g/mol. The Balaban J connectivity index is 1.53. The van der Waals surface area contributed by atoms with Crippen LogP contribution in [-0.2, 0) is 4.79 Å². The zero-order chi connectivity index (χ0) is 21.8. The van der Waals surface area contributed by atoms with Crippen molar-refractivity contribution in [1.82, 2.24) is 9.97 Å². The molecule has 0 saturated heterocycles. The molecule has 0 aliphatic heterocycles. The molecule has 0 unspecified atom stereocenters. The molecule has 2 aromatic heterocycles. The lowest BCUT2D eigenvalue weighted by atomic mass is 10.1. The number of anilines is 1. The van der Waals surface area contributed by atoms with Crippen molar-refractivity contribution < 1.29 is 14.3 Å². The van der Waals surface area contributed by atoms with E-state index >= 15 is 0 Å². The van der Waals surface area contributed by atoms with Crippen molar-refractivity contribution in [3.8, 4) is 22.6 Å². The summed E-state index contributed by atoms with van der Waals surface area (Å²) in [5.41, 5.74) is 2.64. The molecule has 2 heterocycles. The molecular weight excluding hydrogens is 454 g/mol. The molecule has 2 aromatic carbocycles. The van der Waals surface area contributed by atoms with Gasteiger partial charge in [-0.1, -0.05) is 35.5 Å². The minimum atomic E-state index is -0.163. The average Bonchev–Trinajstić information content (AvgIpc) is 3.23. The number of amides is 1. The molecule has 0 fully saturated rings. The van der Waals surface area contributed by atoms with E-state index in [0.29, 0.717) is 22.2 Å². The number of thioether (sulfide) groups is 1. The fraction of sp³-hybridized carbons (Fsp3) is 0.136. The normalized spacial score (nSPS) is 10.8. The molecule has 0 atom stereocenters. The van der Waals surface area contributed by atoms with Gasteiger partial charge in [-0.25, -0.2) is 9.97 Å². The second-order valence-corrected chi connectivity index (χ2v) is 8.68. The Morgan fingerprint density at radius 2 is 1.94 bits per heavy atom. The summed E-state index contributed by atoms with van der Waals surface area (Å²) in [5.74, 6) is 1.21. The number of nitrogens with zero attached hydrogens (tertiary/aromatic N) is 2. The zero-order valence-corrected chi connectivity index (χ0v) is 19.1. The molecule has 0 radical (unpaired) electrons. The largest absolute Gasteiger partial charge is 0.497 e. The second-order valence-electron chi connectivity index (χ2n) is 6.42. The molecule has 0 spiro atoms. The fourth-order valence-electron chi connectivity index (χ4n) is 3.02. The number of fused-ring (bicyclic) bond motifs is 1. The van der Waals surface area contributed by atoms with Crippen LogP contribution in [0.3, 0.4) is 0 Å². The maximum absolute atomic E-state index is 12.6. The van der Waals surface area contributed by atoms with Crippen LogP contribution < -0.4 is 14.8 Å². The van der Waals surface area contributed by atoms with Gasteiger partial charge in [-0.3, -0.25) is 4.79 Å². The zero-order valence-electron chi connectivity index (χ0n) is 16.7. The summed E-state index contributed by atoms with van der Waals surface area (Å²) in [6, 6.07) is 12.9. The molecule has 9 heteroatoms. The molecular formula is C22H18ClN3O3S2. The third-order valence-electron chi connectivity index (χ3n) is 4.51. The SMILES string of the molecule is COc1ccc(NC(=O)CSc2ncnc3scc(-c4ccc(Cl)cc4)c23)c(OC)c1. The third kappa shape index (κ3) is 4.76. The van der Waals surface area contributed by atoms with Crippen LogP contribution in [0.1, 0.15) is 0 Å². The number of halogens is 1. The van der Waals surface area contributed by atoms with Gasteiger partial charge < -0.3 is 14.8 Å². The highest BCUT2D eigenvalue weighted by molar-refractivity contribution is 8.00. The minimum absolute atomic E-state index is 0.163. The van der Waals surface area contributed by atoms with Crippen molar-refractivity contribution >= 4 is 56.5 Å². The Hall–Kier alpha value is -2.81. The van der Waals surface area contributed by atoms with Crippen molar-refractivity contribution in [3.63, 3.8) is 0 Å². The monoisotopic (exact) mass is 471 g/mol. The van der Waals surface area contributed by atoms with Gasteiger partial charge in [0.15, 0.2) is 0 Å². The summed E-state index contributed by atoms with van der Waals surface area (Å²) in [7, 11) is 3.13. The summed E-state index contributed by atoms with van der Waals surface area (Å²) in [6.07, 6.45) is 1.53. The lowest BCUT2D eigenvalue weighted by Crippen LogP contribution is -2.14. The van der Waals surface area contributed by atoms with Gasteiger partial charge in [-0.15, -0.1) is 11.3 Å². The molecule has 0 aliphatic rings. The van der Waals surface area contributed by atoms with Crippen molar-refractivity contribution in [2.75, 3.05) is 25.3 Å². The standard InChI is InChI=1S/C22H18ClN3O3S2/c1-28-15-7-8-17(18(9-15)29-2)26-19(27)11-31-22-20-16(10-30-21(20)24-12-25-22)13-3-5-14(23)6-4-13/h3-10,12H,11H2,1-2H3,(H,26,27). The van der Waals surface area contributed by atoms with Crippen LogP contribution in [0.15, 0.2) is 59.2 Å². The highest BCUT2D eigenvalue weighted by atomic mass is 35.5. The Bertz CT molecular complexity index is 1230. The molecule has 4 aromatic rings. The minimum Gasteiger partial charge on any atom is -0.497 e. The number of ether oxygens (including phenoxy) is 2. The van der Waals surface area contributed by atoms with E-state index in [1.165, 1.54) is 18.1 Å². The number of hydrogen-bond donors (Lipinski definition) is 1. The molecule has 1 N–H and O–H groups in total. The molecule has 158 valence electrons. The van der Waals surface area contributed by atoms with E-state index in [2.05, 4.69) is 20.7 Å². The number of carbonyl (C=O) groups excluding carboxylic acids is 1. The first kappa shape index (κ1) is 21.4. The predicted octanol–water partition coefficient (Wildman–Crippen LogP) is 5.76. The molecule has 1 amide bonds. The number of hydrogen-bond acceptors (Lipinski definition) is 7.